The number of nitrogens with one attached hydrogen (secondary N) is 1. The van der Waals surface area contributed by atoms with Gasteiger partial charge in [0.25, 0.3) is 0 Å². The van der Waals surface area contributed by atoms with E-state index in [0.29, 0.717) is 11.6 Å². The van der Waals surface area contributed by atoms with Gasteiger partial charge in [0.2, 0.25) is 11.8 Å². The number of benzene rings is 2. The second kappa shape index (κ2) is 8.14. The van der Waals surface area contributed by atoms with Crippen LogP contribution in [0.3, 0.4) is 0 Å². The molecule has 0 saturated carbocycles. The molecule has 0 radical (unpaired) electrons. The van der Waals surface area contributed by atoms with E-state index in [0.717, 1.165) is 28.1 Å². The second-order valence-corrected chi connectivity index (χ2v) is 7.78. The molecule has 2 amide bonds. The highest BCUT2D eigenvalue weighted by atomic mass is 35.5. The van der Waals surface area contributed by atoms with E-state index in [1.165, 1.54) is 0 Å². The van der Waals surface area contributed by atoms with Crippen molar-refractivity contribution in [2.45, 2.75) is 25.6 Å². The van der Waals surface area contributed by atoms with E-state index in [1.54, 1.807) is 11.8 Å². The van der Waals surface area contributed by atoms with Gasteiger partial charge >= 0.3 is 0 Å². The van der Waals surface area contributed by atoms with Crippen LogP contribution in [0, 0.1) is 13.8 Å². The van der Waals surface area contributed by atoms with Crippen LogP contribution in [0.5, 0.6) is 0 Å². The van der Waals surface area contributed by atoms with E-state index in [1.807, 2.05) is 49.1 Å². The molecule has 1 aliphatic heterocycles. The maximum Gasteiger partial charge on any atom is 0.238 e. The van der Waals surface area contributed by atoms with Gasteiger partial charge in [-0.05, 0) is 48.7 Å². The summed E-state index contributed by atoms with van der Waals surface area (Å²) in [6.45, 7) is 4.05. The quantitative estimate of drug-likeness (QED) is 0.758. The summed E-state index contributed by atoms with van der Waals surface area (Å²) in [7, 11) is 0. The van der Waals surface area contributed by atoms with Crippen molar-refractivity contribution in [3.63, 3.8) is 0 Å². The molecule has 1 N–H and O–H groups in total. The number of alkyl halides is 1. The van der Waals surface area contributed by atoms with Crippen LogP contribution in [0.15, 0.2) is 42.5 Å². The highest BCUT2D eigenvalue weighted by Crippen LogP contribution is 2.43. The predicted molar refractivity (Wildman–Crippen MR) is 109 cm³/mol. The van der Waals surface area contributed by atoms with E-state index < -0.39 is 0 Å². The Morgan fingerprint density at radius 1 is 1.27 bits per heavy atom. The van der Waals surface area contributed by atoms with E-state index in [2.05, 4.69) is 17.4 Å². The first-order valence-electron chi connectivity index (χ1n) is 8.46. The summed E-state index contributed by atoms with van der Waals surface area (Å²) in [6, 6.07) is 13.8. The third kappa shape index (κ3) is 4.05. The van der Waals surface area contributed by atoms with Crippen LogP contribution < -0.4 is 10.2 Å². The fraction of sp³-hybridized carbons (Fsp3) is 0.300. The standard InChI is InChI=1S/C20H21ClN2O2S/c1-13-6-7-14(2)17(10-13)23-19(25)12-26-20(23)15-4-3-5-16(11-15)22-18(24)8-9-21/h3-7,10-11,20H,8-9,12H2,1-2H3,(H,22,24). The smallest absolute Gasteiger partial charge is 0.238 e. The maximum atomic E-state index is 12.6. The van der Waals surface area contributed by atoms with Gasteiger partial charge in [0.05, 0.1) is 5.75 Å². The first-order valence-corrected chi connectivity index (χ1v) is 10.0. The summed E-state index contributed by atoms with van der Waals surface area (Å²) in [6.07, 6.45) is 0.275. The summed E-state index contributed by atoms with van der Waals surface area (Å²) in [5.41, 5.74) is 4.85. The molecule has 1 aliphatic rings. The average molecular weight is 389 g/mol. The van der Waals surface area contributed by atoms with Crippen molar-refractivity contribution in [3.8, 4) is 0 Å². The van der Waals surface area contributed by atoms with Crippen LogP contribution in [-0.2, 0) is 9.59 Å². The summed E-state index contributed by atoms with van der Waals surface area (Å²) >= 11 is 7.22. The highest BCUT2D eigenvalue weighted by molar-refractivity contribution is 8.00. The van der Waals surface area contributed by atoms with E-state index in [-0.39, 0.29) is 23.6 Å². The summed E-state index contributed by atoms with van der Waals surface area (Å²) in [5, 5.41) is 2.75. The molecular weight excluding hydrogens is 368 g/mol. The number of aryl methyl sites for hydroxylation is 2. The van der Waals surface area contributed by atoms with Crippen molar-refractivity contribution in [1.29, 1.82) is 0 Å². The van der Waals surface area contributed by atoms with Gasteiger partial charge < -0.3 is 5.32 Å². The van der Waals surface area contributed by atoms with Crippen molar-refractivity contribution in [2.75, 3.05) is 21.8 Å². The molecule has 1 unspecified atom stereocenters. The molecule has 1 saturated heterocycles. The van der Waals surface area contributed by atoms with Gasteiger partial charge in [0, 0.05) is 23.7 Å². The van der Waals surface area contributed by atoms with Crippen LogP contribution in [0.1, 0.15) is 28.5 Å². The highest BCUT2D eigenvalue weighted by Gasteiger charge is 2.34. The predicted octanol–water partition coefficient (Wildman–Crippen LogP) is 4.65. The SMILES string of the molecule is Cc1ccc(C)c(N2C(=O)CSC2c2cccc(NC(=O)CCCl)c2)c1. The Balaban J connectivity index is 1.91. The number of anilines is 2. The Kier molecular flexibility index (Phi) is 5.89. The van der Waals surface area contributed by atoms with Crippen molar-refractivity contribution in [3.05, 3.63) is 59.2 Å². The largest absolute Gasteiger partial charge is 0.326 e. The lowest BCUT2D eigenvalue weighted by Crippen LogP contribution is -2.28. The maximum absolute atomic E-state index is 12.6. The van der Waals surface area contributed by atoms with E-state index in [4.69, 9.17) is 11.6 Å². The molecule has 136 valence electrons. The Morgan fingerprint density at radius 3 is 2.85 bits per heavy atom. The summed E-state index contributed by atoms with van der Waals surface area (Å²) in [5.74, 6) is 0.726. The Labute approximate surface area is 162 Å². The zero-order valence-electron chi connectivity index (χ0n) is 14.8. The molecule has 0 aliphatic carbocycles. The lowest BCUT2D eigenvalue weighted by molar-refractivity contribution is -0.116. The number of amides is 2. The van der Waals surface area contributed by atoms with Gasteiger partial charge in [-0.2, -0.15) is 0 Å². The number of nitrogens with zero attached hydrogens (tertiary/aromatic N) is 1. The van der Waals surface area contributed by atoms with Crippen molar-refractivity contribution in [2.24, 2.45) is 0 Å². The second-order valence-electron chi connectivity index (χ2n) is 6.33. The van der Waals surface area contributed by atoms with Gasteiger partial charge in [0.1, 0.15) is 5.37 Å². The van der Waals surface area contributed by atoms with Gasteiger partial charge in [-0.3, -0.25) is 14.5 Å². The van der Waals surface area contributed by atoms with Gasteiger partial charge in [-0.1, -0.05) is 24.3 Å². The monoisotopic (exact) mass is 388 g/mol. The minimum Gasteiger partial charge on any atom is -0.326 e. The number of hydrogen-bond acceptors (Lipinski definition) is 3. The molecule has 0 bridgehead atoms. The minimum absolute atomic E-state index is 0.102. The summed E-state index contributed by atoms with van der Waals surface area (Å²) < 4.78 is 0. The van der Waals surface area contributed by atoms with Crippen LogP contribution in [-0.4, -0.2) is 23.4 Å². The average Bonchev–Trinajstić information content (AvgIpc) is 2.99. The van der Waals surface area contributed by atoms with Gasteiger partial charge in [0.15, 0.2) is 0 Å². The number of halogens is 1. The zero-order chi connectivity index (χ0) is 18.7. The molecule has 6 heteroatoms. The van der Waals surface area contributed by atoms with Crippen molar-refractivity contribution in [1.82, 2.24) is 0 Å². The van der Waals surface area contributed by atoms with Crippen LogP contribution >= 0.6 is 23.4 Å². The summed E-state index contributed by atoms with van der Waals surface area (Å²) in [4.78, 5) is 26.3. The molecule has 4 nitrogen and oxygen atoms in total. The molecule has 0 aromatic heterocycles. The van der Waals surface area contributed by atoms with Crippen LogP contribution in [0.4, 0.5) is 11.4 Å². The molecule has 1 heterocycles. The van der Waals surface area contributed by atoms with Crippen LogP contribution in [0.25, 0.3) is 0 Å². The normalized spacial score (nSPS) is 16.8. The first-order chi connectivity index (χ1) is 12.5. The fourth-order valence-electron chi connectivity index (χ4n) is 2.99. The fourth-order valence-corrected chi connectivity index (χ4v) is 4.32. The molecule has 2 aromatic carbocycles. The minimum atomic E-state index is -0.112. The van der Waals surface area contributed by atoms with Gasteiger partial charge in [-0.15, -0.1) is 23.4 Å². The lowest BCUT2D eigenvalue weighted by atomic mass is 10.1. The van der Waals surface area contributed by atoms with E-state index in [9.17, 15) is 9.59 Å². The molecule has 26 heavy (non-hydrogen) atoms. The Bertz CT molecular complexity index is 840. The lowest BCUT2D eigenvalue weighted by Gasteiger charge is -2.26. The number of rotatable bonds is 5. The van der Waals surface area contributed by atoms with Crippen molar-refractivity contribution >= 4 is 46.6 Å². The molecule has 2 aromatic rings. The number of hydrogen-bond donors (Lipinski definition) is 1. The van der Waals surface area contributed by atoms with E-state index >= 15 is 0 Å². The van der Waals surface area contributed by atoms with Crippen molar-refractivity contribution < 1.29 is 9.59 Å². The third-order valence-corrected chi connectivity index (χ3v) is 5.67. The molecule has 3 rings (SSSR count). The Hall–Kier alpha value is -1.98. The molecule has 1 fully saturated rings. The topological polar surface area (TPSA) is 49.4 Å². The number of carbonyl (C=O) groups excluding carboxylic acids is 2. The molecule has 0 spiro atoms. The Morgan fingerprint density at radius 2 is 2.08 bits per heavy atom. The first kappa shape index (κ1) is 18.8. The molecular formula is C20H21ClN2O2S. The van der Waals surface area contributed by atoms with Gasteiger partial charge in [-0.25, -0.2) is 0 Å². The third-order valence-electron chi connectivity index (χ3n) is 4.27. The number of thioether (sulfide) groups is 1. The molecule has 1 atom stereocenters. The number of carbonyl (C=O) groups is 2. The zero-order valence-corrected chi connectivity index (χ0v) is 16.4. The van der Waals surface area contributed by atoms with Crippen LogP contribution in [0.2, 0.25) is 0 Å².